The summed E-state index contributed by atoms with van der Waals surface area (Å²) in [4.78, 5) is 11.9. The fourth-order valence-corrected chi connectivity index (χ4v) is 1.92. The van der Waals surface area contributed by atoms with Gasteiger partial charge in [-0.15, -0.1) is 0 Å². The summed E-state index contributed by atoms with van der Waals surface area (Å²) >= 11 is 0. The first-order chi connectivity index (χ1) is 9.06. The lowest BCUT2D eigenvalue weighted by Crippen LogP contribution is -2.14. The summed E-state index contributed by atoms with van der Waals surface area (Å²) in [6.45, 7) is 4.78. The number of carbonyl (C=O) groups excluding carboxylic acids is 1. The van der Waals surface area contributed by atoms with Crippen LogP contribution in [0.4, 0.5) is 5.69 Å². The van der Waals surface area contributed by atoms with Crippen molar-refractivity contribution in [3.05, 3.63) is 23.8 Å². The molecule has 0 saturated heterocycles. The molecule has 3 N–H and O–H groups in total. The molecular weight excluding hydrogens is 240 g/mol. The van der Waals surface area contributed by atoms with Crippen LogP contribution in [-0.2, 0) is 4.79 Å². The standard InChI is InChI=1S/C15H24N2O2/c1-11(8-9-16)5-7-15(18)17-13-6-4-12(2)10-14(13)19-3/h4,6,10-11H,5,7-9,16H2,1-3H3,(H,17,18). The molecule has 1 unspecified atom stereocenters. The summed E-state index contributed by atoms with van der Waals surface area (Å²) < 4.78 is 5.26. The number of nitrogens with two attached hydrogens (primary N) is 1. The normalized spacial score (nSPS) is 12.0. The van der Waals surface area contributed by atoms with E-state index in [-0.39, 0.29) is 5.91 Å². The molecular formula is C15H24N2O2. The van der Waals surface area contributed by atoms with Gasteiger partial charge in [0.15, 0.2) is 0 Å². The topological polar surface area (TPSA) is 64.3 Å². The van der Waals surface area contributed by atoms with E-state index in [4.69, 9.17) is 10.5 Å². The van der Waals surface area contributed by atoms with E-state index < -0.39 is 0 Å². The van der Waals surface area contributed by atoms with Crippen LogP contribution < -0.4 is 15.8 Å². The van der Waals surface area contributed by atoms with Gasteiger partial charge in [0.25, 0.3) is 0 Å². The molecule has 1 rings (SSSR count). The second-order valence-electron chi connectivity index (χ2n) is 4.97. The van der Waals surface area contributed by atoms with Gasteiger partial charge in [0.1, 0.15) is 5.75 Å². The molecule has 0 spiro atoms. The maximum Gasteiger partial charge on any atom is 0.224 e. The molecule has 0 radical (unpaired) electrons. The highest BCUT2D eigenvalue weighted by Crippen LogP contribution is 2.25. The van der Waals surface area contributed by atoms with Crippen LogP contribution in [0, 0.1) is 12.8 Å². The lowest BCUT2D eigenvalue weighted by molar-refractivity contribution is -0.116. The van der Waals surface area contributed by atoms with Crippen LogP contribution in [0.2, 0.25) is 0 Å². The van der Waals surface area contributed by atoms with Crippen molar-refractivity contribution in [2.45, 2.75) is 33.1 Å². The van der Waals surface area contributed by atoms with E-state index in [2.05, 4.69) is 12.2 Å². The van der Waals surface area contributed by atoms with Crippen molar-refractivity contribution in [1.29, 1.82) is 0 Å². The zero-order chi connectivity index (χ0) is 14.3. The molecule has 1 aromatic rings. The van der Waals surface area contributed by atoms with E-state index in [0.717, 1.165) is 24.1 Å². The Hall–Kier alpha value is -1.55. The molecule has 106 valence electrons. The lowest BCUT2D eigenvalue weighted by atomic mass is 10.0. The Morgan fingerprint density at radius 3 is 2.79 bits per heavy atom. The third-order valence-corrected chi connectivity index (χ3v) is 3.15. The van der Waals surface area contributed by atoms with Gasteiger partial charge in [-0.05, 0) is 49.9 Å². The minimum Gasteiger partial charge on any atom is -0.495 e. The molecule has 0 fully saturated rings. The van der Waals surface area contributed by atoms with Gasteiger partial charge in [-0.1, -0.05) is 13.0 Å². The van der Waals surface area contributed by atoms with E-state index >= 15 is 0 Å². The Labute approximate surface area is 115 Å². The minimum absolute atomic E-state index is 0.0195. The highest BCUT2D eigenvalue weighted by Gasteiger charge is 2.09. The van der Waals surface area contributed by atoms with Gasteiger partial charge < -0.3 is 15.8 Å². The molecule has 0 aliphatic carbocycles. The van der Waals surface area contributed by atoms with E-state index in [1.165, 1.54) is 0 Å². The number of hydrogen-bond acceptors (Lipinski definition) is 3. The number of methoxy groups -OCH3 is 1. The third-order valence-electron chi connectivity index (χ3n) is 3.15. The Morgan fingerprint density at radius 2 is 2.16 bits per heavy atom. The zero-order valence-electron chi connectivity index (χ0n) is 12.0. The minimum atomic E-state index is 0.0195. The quantitative estimate of drug-likeness (QED) is 0.796. The molecule has 0 saturated carbocycles. The highest BCUT2D eigenvalue weighted by atomic mass is 16.5. The summed E-state index contributed by atoms with van der Waals surface area (Å²) in [5, 5.41) is 2.89. The van der Waals surface area contributed by atoms with Crippen LogP contribution in [0.15, 0.2) is 18.2 Å². The number of carbonyl (C=O) groups is 1. The first-order valence-electron chi connectivity index (χ1n) is 6.71. The van der Waals surface area contributed by atoms with Crippen LogP contribution in [-0.4, -0.2) is 19.6 Å². The molecule has 19 heavy (non-hydrogen) atoms. The summed E-state index contributed by atoms with van der Waals surface area (Å²) in [6.07, 6.45) is 2.33. The van der Waals surface area contributed by atoms with E-state index in [9.17, 15) is 4.79 Å². The predicted molar refractivity (Wildman–Crippen MR) is 78.4 cm³/mol. The van der Waals surface area contributed by atoms with Crippen LogP contribution >= 0.6 is 0 Å². The molecule has 0 aliphatic heterocycles. The summed E-state index contributed by atoms with van der Waals surface area (Å²) in [5.74, 6) is 1.20. The number of amides is 1. The monoisotopic (exact) mass is 264 g/mol. The number of ether oxygens (including phenoxy) is 1. The Kier molecular flexibility index (Phi) is 6.36. The number of benzene rings is 1. The number of rotatable bonds is 7. The maximum atomic E-state index is 11.9. The Balaban J connectivity index is 2.52. The van der Waals surface area contributed by atoms with Crippen molar-refractivity contribution in [3.8, 4) is 5.75 Å². The molecule has 1 atom stereocenters. The molecule has 1 amide bonds. The largest absolute Gasteiger partial charge is 0.495 e. The van der Waals surface area contributed by atoms with Crippen molar-refractivity contribution in [3.63, 3.8) is 0 Å². The smallest absolute Gasteiger partial charge is 0.224 e. The first-order valence-corrected chi connectivity index (χ1v) is 6.71. The number of hydrogen-bond donors (Lipinski definition) is 2. The number of anilines is 1. The second-order valence-corrected chi connectivity index (χ2v) is 4.97. The van der Waals surface area contributed by atoms with Gasteiger partial charge in [0.05, 0.1) is 12.8 Å². The van der Waals surface area contributed by atoms with Crippen molar-refractivity contribution < 1.29 is 9.53 Å². The Morgan fingerprint density at radius 1 is 1.42 bits per heavy atom. The van der Waals surface area contributed by atoms with Gasteiger partial charge >= 0.3 is 0 Å². The average molecular weight is 264 g/mol. The summed E-state index contributed by atoms with van der Waals surface area (Å²) in [7, 11) is 1.60. The molecule has 0 heterocycles. The SMILES string of the molecule is COc1cc(C)ccc1NC(=O)CCC(C)CCN. The van der Waals surface area contributed by atoms with Crippen molar-refractivity contribution in [2.24, 2.45) is 11.7 Å². The lowest BCUT2D eigenvalue weighted by Gasteiger charge is -2.12. The third kappa shape index (κ3) is 5.30. The van der Waals surface area contributed by atoms with E-state index in [1.807, 2.05) is 25.1 Å². The molecule has 0 aliphatic rings. The fourth-order valence-electron chi connectivity index (χ4n) is 1.92. The van der Waals surface area contributed by atoms with Gasteiger partial charge in [-0.2, -0.15) is 0 Å². The van der Waals surface area contributed by atoms with E-state index in [0.29, 0.717) is 24.6 Å². The van der Waals surface area contributed by atoms with Gasteiger partial charge in [0.2, 0.25) is 5.91 Å². The van der Waals surface area contributed by atoms with Crippen LogP contribution in [0.5, 0.6) is 5.75 Å². The van der Waals surface area contributed by atoms with Crippen molar-refractivity contribution in [1.82, 2.24) is 0 Å². The number of nitrogens with one attached hydrogen (secondary N) is 1. The second kappa shape index (κ2) is 7.79. The zero-order valence-corrected chi connectivity index (χ0v) is 12.0. The van der Waals surface area contributed by atoms with Crippen LogP contribution in [0.25, 0.3) is 0 Å². The van der Waals surface area contributed by atoms with Crippen LogP contribution in [0.1, 0.15) is 31.7 Å². The molecule has 4 nitrogen and oxygen atoms in total. The fraction of sp³-hybridized carbons (Fsp3) is 0.533. The van der Waals surface area contributed by atoms with Gasteiger partial charge in [0, 0.05) is 6.42 Å². The first kappa shape index (κ1) is 15.5. The maximum absolute atomic E-state index is 11.9. The van der Waals surface area contributed by atoms with Gasteiger partial charge in [-0.3, -0.25) is 4.79 Å². The molecule has 4 heteroatoms. The highest BCUT2D eigenvalue weighted by molar-refractivity contribution is 5.92. The van der Waals surface area contributed by atoms with Crippen LogP contribution in [0.3, 0.4) is 0 Å². The van der Waals surface area contributed by atoms with Crippen molar-refractivity contribution in [2.75, 3.05) is 19.0 Å². The van der Waals surface area contributed by atoms with Gasteiger partial charge in [-0.25, -0.2) is 0 Å². The molecule has 0 aromatic heterocycles. The summed E-state index contributed by atoms with van der Waals surface area (Å²) in [5.41, 5.74) is 7.32. The molecule has 1 aromatic carbocycles. The average Bonchev–Trinajstić information content (AvgIpc) is 2.39. The van der Waals surface area contributed by atoms with E-state index in [1.54, 1.807) is 7.11 Å². The summed E-state index contributed by atoms with van der Waals surface area (Å²) in [6, 6.07) is 5.73. The molecule has 0 bridgehead atoms. The Bertz CT molecular complexity index is 419. The predicted octanol–water partition coefficient (Wildman–Crippen LogP) is 2.71. The number of aryl methyl sites for hydroxylation is 1. The van der Waals surface area contributed by atoms with Crippen molar-refractivity contribution >= 4 is 11.6 Å².